The molecule has 1 aliphatic heterocycles. The van der Waals surface area contributed by atoms with Crippen LogP contribution in [0.5, 0.6) is 0 Å². The lowest BCUT2D eigenvalue weighted by Crippen LogP contribution is -2.41. The number of ketones is 1. The summed E-state index contributed by atoms with van der Waals surface area (Å²) in [6.07, 6.45) is 0.845. The molecule has 0 unspecified atom stereocenters. The van der Waals surface area contributed by atoms with Crippen LogP contribution < -0.4 is 0 Å². The lowest BCUT2D eigenvalue weighted by molar-refractivity contribution is -0.155. The number of fused-ring (bicyclic) bond motifs is 1. The third-order valence-electron chi connectivity index (χ3n) is 2.20. The first-order valence-corrected chi connectivity index (χ1v) is 4.25. The summed E-state index contributed by atoms with van der Waals surface area (Å²) in [6.45, 7) is 3.46. The first-order valence-electron chi connectivity index (χ1n) is 4.25. The molecule has 1 aliphatic carbocycles. The van der Waals surface area contributed by atoms with E-state index in [1.807, 2.05) is 0 Å². The van der Waals surface area contributed by atoms with Gasteiger partial charge in [0.05, 0.1) is 0 Å². The summed E-state index contributed by atoms with van der Waals surface area (Å²) in [5.74, 6) is -0.918. The van der Waals surface area contributed by atoms with Gasteiger partial charge in [0.2, 0.25) is 0 Å². The van der Waals surface area contributed by atoms with Crippen molar-refractivity contribution in [3.63, 3.8) is 0 Å². The van der Waals surface area contributed by atoms with Crippen LogP contribution in [0.1, 0.15) is 13.8 Å². The standard InChI is InChI=1S/C9H12O4/c1-9(2)12-7-5(10)3-4-6(11)8(7)13-9/h3-5,7-8,10H,1-2H3/t5-,7+,8+/m0/s1. The second-order valence-electron chi connectivity index (χ2n) is 3.77. The maximum Gasteiger partial charge on any atom is 0.187 e. The Morgan fingerprint density at radius 2 is 2.15 bits per heavy atom. The monoisotopic (exact) mass is 184 g/mol. The third kappa shape index (κ3) is 1.41. The second kappa shape index (κ2) is 2.64. The van der Waals surface area contributed by atoms with Crippen molar-refractivity contribution in [1.82, 2.24) is 0 Å². The molecule has 0 aromatic rings. The van der Waals surface area contributed by atoms with Crippen molar-refractivity contribution in [1.29, 1.82) is 0 Å². The molecule has 13 heavy (non-hydrogen) atoms. The summed E-state index contributed by atoms with van der Waals surface area (Å²) < 4.78 is 10.7. The Morgan fingerprint density at radius 3 is 2.77 bits per heavy atom. The van der Waals surface area contributed by atoms with Crippen LogP contribution in [0.25, 0.3) is 0 Å². The molecule has 0 radical (unpaired) electrons. The fraction of sp³-hybridized carbons (Fsp3) is 0.667. The molecular weight excluding hydrogens is 172 g/mol. The molecule has 4 nitrogen and oxygen atoms in total. The number of carbonyl (C=O) groups excluding carboxylic acids is 1. The highest BCUT2D eigenvalue weighted by atomic mass is 16.8. The maximum absolute atomic E-state index is 11.3. The van der Waals surface area contributed by atoms with Crippen molar-refractivity contribution in [2.45, 2.75) is 37.9 Å². The largest absolute Gasteiger partial charge is 0.386 e. The van der Waals surface area contributed by atoms with Gasteiger partial charge in [0.25, 0.3) is 0 Å². The topological polar surface area (TPSA) is 55.8 Å². The van der Waals surface area contributed by atoms with Gasteiger partial charge < -0.3 is 14.6 Å². The van der Waals surface area contributed by atoms with Crippen LogP contribution >= 0.6 is 0 Å². The van der Waals surface area contributed by atoms with Crippen molar-refractivity contribution >= 4 is 5.78 Å². The highest BCUT2D eigenvalue weighted by molar-refractivity contribution is 5.95. The highest BCUT2D eigenvalue weighted by Crippen LogP contribution is 2.32. The molecular formula is C9H12O4. The van der Waals surface area contributed by atoms with Crippen molar-refractivity contribution in [3.05, 3.63) is 12.2 Å². The van der Waals surface area contributed by atoms with Crippen molar-refractivity contribution in [3.8, 4) is 0 Å². The van der Waals surface area contributed by atoms with E-state index in [1.54, 1.807) is 13.8 Å². The lowest BCUT2D eigenvalue weighted by Gasteiger charge is -2.21. The zero-order chi connectivity index (χ0) is 9.64. The minimum absolute atomic E-state index is 0.138. The summed E-state index contributed by atoms with van der Waals surface area (Å²) in [5, 5.41) is 9.49. The first kappa shape index (κ1) is 8.87. The number of hydrogen-bond acceptors (Lipinski definition) is 4. The fourth-order valence-corrected chi connectivity index (χ4v) is 1.66. The molecule has 0 bridgehead atoms. The van der Waals surface area contributed by atoms with E-state index in [-0.39, 0.29) is 5.78 Å². The summed E-state index contributed by atoms with van der Waals surface area (Å²) in [6, 6.07) is 0. The molecule has 4 heteroatoms. The van der Waals surface area contributed by atoms with Crippen LogP contribution in [0.3, 0.4) is 0 Å². The predicted octanol–water partition coefficient (Wildman–Crippen LogP) is 0.00630. The molecule has 2 rings (SSSR count). The average molecular weight is 184 g/mol. The van der Waals surface area contributed by atoms with E-state index in [9.17, 15) is 9.90 Å². The van der Waals surface area contributed by atoms with E-state index in [2.05, 4.69) is 0 Å². The molecule has 72 valence electrons. The normalized spacial score (nSPS) is 42.1. The molecule has 2 aliphatic rings. The Balaban J connectivity index is 2.26. The van der Waals surface area contributed by atoms with Gasteiger partial charge in [0.1, 0.15) is 12.2 Å². The quantitative estimate of drug-likeness (QED) is 0.576. The lowest BCUT2D eigenvalue weighted by atomic mass is 9.98. The Hall–Kier alpha value is -0.710. The van der Waals surface area contributed by atoms with Gasteiger partial charge in [0, 0.05) is 0 Å². The smallest absolute Gasteiger partial charge is 0.187 e. The highest BCUT2D eigenvalue weighted by Gasteiger charge is 2.48. The number of rotatable bonds is 0. The molecule has 0 aromatic carbocycles. The average Bonchev–Trinajstić information content (AvgIpc) is 2.35. The third-order valence-corrected chi connectivity index (χ3v) is 2.20. The van der Waals surface area contributed by atoms with E-state index in [1.165, 1.54) is 12.2 Å². The summed E-state index contributed by atoms with van der Waals surface area (Å²) in [7, 11) is 0. The van der Waals surface area contributed by atoms with Gasteiger partial charge >= 0.3 is 0 Å². The molecule has 3 atom stereocenters. The van der Waals surface area contributed by atoms with Crippen molar-refractivity contribution in [2.24, 2.45) is 0 Å². The van der Waals surface area contributed by atoms with Crippen molar-refractivity contribution < 1.29 is 19.4 Å². The molecule has 0 saturated carbocycles. The van der Waals surface area contributed by atoms with Gasteiger partial charge in [-0.15, -0.1) is 0 Å². The van der Waals surface area contributed by atoms with E-state index < -0.39 is 24.1 Å². The van der Waals surface area contributed by atoms with Crippen LogP contribution in [0.2, 0.25) is 0 Å². The Labute approximate surface area is 76.1 Å². The van der Waals surface area contributed by atoms with E-state index in [0.29, 0.717) is 0 Å². The number of aliphatic hydroxyl groups is 1. The van der Waals surface area contributed by atoms with Gasteiger partial charge in [-0.2, -0.15) is 0 Å². The minimum atomic E-state index is -0.780. The van der Waals surface area contributed by atoms with Crippen LogP contribution in [0.15, 0.2) is 12.2 Å². The maximum atomic E-state index is 11.3. The zero-order valence-corrected chi connectivity index (χ0v) is 7.56. The van der Waals surface area contributed by atoms with E-state index in [4.69, 9.17) is 9.47 Å². The van der Waals surface area contributed by atoms with Crippen molar-refractivity contribution in [2.75, 3.05) is 0 Å². The number of carbonyl (C=O) groups is 1. The van der Waals surface area contributed by atoms with E-state index in [0.717, 1.165) is 0 Å². The molecule has 1 heterocycles. The van der Waals surface area contributed by atoms with Crippen LogP contribution in [-0.4, -0.2) is 35.0 Å². The molecule has 0 spiro atoms. The van der Waals surface area contributed by atoms with E-state index >= 15 is 0 Å². The Morgan fingerprint density at radius 1 is 1.46 bits per heavy atom. The molecule has 1 saturated heterocycles. The van der Waals surface area contributed by atoms with Crippen LogP contribution in [-0.2, 0) is 14.3 Å². The summed E-state index contributed by atoms with van der Waals surface area (Å²) in [5.41, 5.74) is 0. The molecule has 0 amide bonds. The zero-order valence-electron chi connectivity index (χ0n) is 7.56. The number of ether oxygens (including phenoxy) is 2. The van der Waals surface area contributed by atoms with Gasteiger partial charge in [-0.05, 0) is 26.0 Å². The Kier molecular flexibility index (Phi) is 1.80. The van der Waals surface area contributed by atoms with Gasteiger partial charge in [-0.1, -0.05) is 0 Å². The van der Waals surface area contributed by atoms with Gasteiger partial charge in [-0.25, -0.2) is 0 Å². The Bertz CT molecular complexity index is 269. The predicted molar refractivity (Wildman–Crippen MR) is 44.0 cm³/mol. The number of hydrogen-bond donors (Lipinski definition) is 1. The molecule has 0 aromatic heterocycles. The second-order valence-corrected chi connectivity index (χ2v) is 3.77. The van der Waals surface area contributed by atoms with Crippen LogP contribution in [0, 0.1) is 0 Å². The summed E-state index contributed by atoms with van der Waals surface area (Å²) >= 11 is 0. The molecule has 1 N–H and O–H groups in total. The fourth-order valence-electron chi connectivity index (χ4n) is 1.66. The summed E-state index contributed by atoms with van der Waals surface area (Å²) in [4.78, 5) is 11.3. The van der Waals surface area contributed by atoms with Crippen LogP contribution in [0.4, 0.5) is 0 Å². The SMILES string of the molecule is CC1(C)O[C@H]2[C@H](O1)C(=O)C=C[C@@H]2O. The first-order chi connectivity index (χ1) is 5.99. The van der Waals surface area contributed by atoms with Gasteiger partial charge in [-0.3, -0.25) is 4.79 Å². The molecule has 1 fully saturated rings. The number of aliphatic hydroxyl groups excluding tert-OH is 1. The van der Waals surface area contributed by atoms with Gasteiger partial charge in [0.15, 0.2) is 17.7 Å². The minimum Gasteiger partial charge on any atom is -0.386 e.